The minimum Gasteiger partial charge on any atom is -0.329 e. The first-order valence-electron chi connectivity index (χ1n) is 5.07. The lowest BCUT2D eigenvalue weighted by molar-refractivity contribution is 0.326. The fraction of sp³-hybridized carbons (Fsp3) is 0.700. The Balaban J connectivity index is 2.61. The van der Waals surface area contributed by atoms with Crippen LogP contribution in [-0.2, 0) is 20.0 Å². The molecule has 1 rings (SSSR count). The molecule has 1 aromatic heterocycles. The van der Waals surface area contributed by atoms with Gasteiger partial charge < -0.3 is 5.73 Å². The van der Waals surface area contributed by atoms with Gasteiger partial charge >= 0.3 is 0 Å². The molecule has 1 heterocycles. The molecule has 0 aliphatic rings. The van der Waals surface area contributed by atoms with Gasteiger partial charge in [-0.15, -0.1) is 0 Å². The normalized spacial score (nSPS) is 11.2. The molecule has 0 aromatic carbocycles. The van der Waals surface area contributed by atoms with Crippen molar-refractivity contribution in [2.75, 3.05) is 20.1 Å². The minimum absolute atomic E-state index is 0.703. The van der Waals surface area contributed by atoms with E-state index < -0.39 is 0 Å². The van der Waals surface area contributed by atoms with Crippen molar-refractivity contribution in [3.8, 4) is 0 Å². The number of nitrogens with two attached hydrogens (primary N) is 1. The maximum atomic E-state index is 5.49. The molecule has 0 aliphatic heterocycles. The van der Waals surface area contributed by atoms with E-state index >= 15 is 0 Å². The zero-order valence-electron chi connectivity index (χ0n) is 9.32. The van der Waals surface area contributed by atoms with Gasteiger partial charge in [0.05, 0.1) is 11.4 Å². The van der Waals surface area contributed by atoms with Gasteiger partial charge in [0.15, 0.2) is 0 Å². The molecule has 1 aromatic rings. The standard InChI is InChI=1S/C10H20N4/c1-4-9-7-10(14(3)12-9)8-13(2)6-5-11/h7H,4-6,8,11H2,1-3H3. The maximum Gasteiger partial charge on any atom is 0.0625 e. The van der Waals surface area contributed by atoms with E-state index in [9.17, 15) is 0 Å². The Bertz CT molecular complexity index is 280. The van der Waals surface area contributed by atoms with Crippen molar-refractivity contribution >= 4 is 0 Å². The molecule has 0 spiro atoms. The Morgan fingerprint density at radius 3 is 2.79 bits per heavy atom. The highest BCUT2D eigenvalue weighted by Crippen LogP contribution is 2.05. The molecule has 0 fully saturated rings. The molecule has 0 aliphatic carbocycles. The second-order valence-electron chi connectivity index (χ2n) is 3.63. The molecule has 0 atom stereocenters. The summed E-state index contributed by atoms with van der Waals surface area (Å²) in [7, 11) is 4.07. The molecule has 0 bridgehead atoms. The van der Waals surface area contributed by atoms with Crippen LogP contribution in [0.5, 0.6) is 0 Å². The van der Waals surface area contributed by atoms with Crippen LogP contribution in [-0.4, -0.2) is 34.8 Å². The van der Waals surface area contributed by atoms with E-state index in [1.54, 1.807) is 0 Å². The van der Waals surface area contributed by atoms with E-state index in [0.29, 0.717) is 6.54 Å². The van der Waals surface area contributed by atoms with Gasteiger partial charge in [0, 0.05) is 26.7 Å². The number of hydrogen-bond donors (Lipinski definition) is 1. The Hall–Kier alpha value is -0.870. The number of hydrogen-bond acceptors (Lipinski definition) is 3. The summed E-state index contributed by atoms with van der Waals surface area (Å²) in [5.74, 6) is 0. The van der Waals surface area contributed by atoms with Crippen LogP contribution < -0.4 is 5.73 Å². The lowest BCUT2D eigenvalue weighted by Crippen LogP contribution is -2.25. The molecule has 14 heavy (non-hydrogen) atoms. The Kier molecular flexibility index (Phi) is 4.10. The summed E-state index contributed by atoms with van der Waals surface area (Å²) in [4.78, 5) is 2.20. The second-order valence-corrected chi connectivity index (χ2v) is 3.63. The Labute approximate surface area is 85.7 Å². The zero-order chi connectivity index (χ0) is 10.6. The van der Waals surface area contributed by atoms with E-state index in [-0.39, 0.29) is 0 Å². The van der Waals surface area contributed by atoms with Crippen molar-refractivity contribution in [3.05, 3.63) is 17.5 Å². The van der Waals surface area contributed by atoms with Crippen molar-refractivity contribution in [1.82, 2.24) is 14.7 Å². The molecule has 0 saturated carbocycles. The van der Waals surface area contributed by atoms with Crippen molar-refractivity contribution in [2.24, 2.45) is 12.8 Å². The van der Waals surface area contributed by atoms with E-state index in [1.807, 2.05) is 11.7 Å². The predicted octanol–water partition coefficient (Wildman–Crippen LogP) is 0.373. The lowest BCUT2D eigenvalue weighted by atomic mass is 10.3. The summed E-state index contributed by atoms with van der Waals surface area (Å²) in [5, 5.41) is 4.40. The molecular weight excluding hydrogens is 176 g/mol. The Morgan fingerprint density at radius 2 is 2.29 bits per heavy atom. The molecule has 80 valence electrons. The van der Waals surface area contributed by atoms with Gasteiger partial charge in [-0.05, 0) is 19.5 Å². The predicted molar refractivity (Wildman–Crippen MR) is 58.0 cm³/mol. The monoisotopic (exact) mass is 196 g/mol. The van der Waals surface area contributed by atoms with Gasteiger partial charge in [-0.1, -0.05) is 6.92 Å². The van der Waals surface area contributed by atoms with Crippen LogP contribution >= 0.6 is 0 Å². The lowest BCUT2D eigenvalue weighted by Gasteiger charge is -2.14. The smallest absolute Gasteiger partial charge is 0.0625 e. The first kappa shape index (κ1) is 11.2. The van der Waals surface area contributed by atoms with Gasteiger partial charge in [-0.2, -0.15) is 5.10 Å². The molecular formula is C10H20N4. The number of aryl methyl sites for hydroxylation is 2. The third-order valence-electron chi connectivity index (χ3n) is 2.33. The van der Waals surface area contributed by atoms with Gasteiger partial charge in [0.25, 0.3) is 0 Å². The molecule has 4 nitrogen and oxygen atoms in total. The highest BCUT2D eigenvalue weighted by atomic mass is 15.3. The summed E-state index contributed by atoms with van der Waals surface area (Å²) >= 11 is 0. The minimum atomic E-state index is 0.703. The average Bonchev–Trinajstić information content (AvgIpc) is 2.48. The van der Waals surface area contributed by atoms with Crippen LogP contribution in [0.4, 0.5) is 0 Å². The molecule has 0 amide bonds. The number of rotatable bonds is 5. The third kappa shape index (κ3) is 2.82. The highest BCUT2D eigenvalue weighted by molar-refractivity contribution is 5.09. The molecule has 0 saturated heterocycles. The molecule has 0 radical (unpaired) electrons. The van der Waals surface area contributed by atoms with Gasteiger partial charge in [-0.25, -0.2) is 0 Å². The van der Waals surface area contributed by atoms with Gasteiger partial charge in [-0.3, -0.25) is 9.58 Å². The molecule has 0 unspecified atom stereocenters. The van der Waals surface area contributed by atoms with Crippen molar-refractivity contribution < 1.29 is 0 Å². The van der Waals surface area contributed by atoms with Crippen LogP contribution in [0.1, 0.15) is 18.3 Å². The zero-order valence-corrected chi connectivity index (χ0v) is 9.32. The van der Waals surface area contributed by atoms with E-state index in [4.69, 9.17) is 5.73 Å². The molecule has 4 heteroatoms. The topological polar surface area (TPSA) is 47.1 Å². The second kappa shape index (κ2) is 5.12. The number of likely N-dealkylation sites (N-methyl/N-ethyl adjacent to an activating group) is 1. The summed E-state index contributed by atoms with van der Waals surface area (Å²) in [5.41, 5.74) is 7.89. The van der Waals surface area contributed by atoms with Crippen molar-refractivity contribution in [2.45, 2.75) is 19.9 Å². The number of aromatic nitrogens is 2. The average molecular weight is 196 g/mol. The van der Waals surface area contributed by atoms with E-state index in [1.165, 1.54) is 5.69 Å². The van der Waals surface area contributed by atoms with E-state index in [2.05, 4.69) is 30.0 Å². The highest BCUT2D eigenvalue weighted by Gasteiger charge is 2.05. The van der Waals surface area contributed by atoms with Crippen molar-refractivity contribution in [1.29, 1.82) is 0 Å². The van der Waals surface area contributed by atoms with Crippen LogP contribution in [0.25, 0.3) is 0 Å². The Morgan fingerprint density at radius 1 is 1.57 bits per heavy atom. The maximum absolute atomic E-state index is 5.49. The fourth-order valence-electron chi connectivity index (χ4n) is 1.47. The van der Waals surface area contributed by atoms with Crippen molar-refractivity contribution in [3.63, 3.8) is 0 Å². The first-order chi connectivity index (χ1) is 6.67. The first-order valence-corrected chi connectivity index (χ1v) is 5.07. The quantitative estimate of drug-likeness (QED) is 0.740. The fourth-order valence-corrected chi connectivity index (χ4v) is 1.47. The third-order valence-corrected chi connectivity index (χ3v) is 2.33. The summed E-state index contributed by atoms with van der Waals surface area (Å²) in [6.45, 7) is 4.66. The van der Waals surface area contributed by atoms with Crippen LogP contribution in [0.3, 0.4) is 0 Å². The number of nitrogens with zero attached hydrogens (tertiary/aromatic N) is 3. The summed E-state index contributed by atoms with van der Waals surface area (Å²) in [6, 6.07) is 2.16. The summed E-state index contributed by atoms with van der Waals surface area (Å²) in [6.07, 6.45) is 0.994. The van der Waals surface area contributed by atoms with Crippen LogP contribution in [0, 0.1) is 0 Å². The van der Waals surface area contributed by atoms with E-state index in [0.717, 1.165) is 25.2 Å². The van der Waals surface area contributed by atoms with Crippen LogP contribution in [0.2, 0.25) is 0 Å². The SMILES string of the molecule is CCc1cc(CN(C)CCN)n(C)n1. The van der Waals surface area contributed by atoms with Gasteiger partial charge in [0.1, 0.15) is 0 Å². The largest absolute Gasteiger partial charge is 0.329 e. The molecule has 2 N–H and O–H groups in total. The van der Waals surface area contributed by atoms with Crippen LogP contribution in [0.15, 0.2) is 6.07 Å². The van der Waals surface area contributed by atoms with Gasteiger partial charge in [0.2, 0.25) is 0 Å². The summed E-state index contributed by atoms with van der Waals surface area (Å²) < 4.78 is 1.95.